The number of methoxy groups -OCH3 is 1. The summed E-state index contributed by atoms with van der Waals surface area (Å²) in [6.45, 7) is -0.180. The number of benzene rings is 3. The summed E-state index contributed by atoms with van der Waals surface area (Å²) in [7, 11) is 1.25. The van der Waals surface area contributed by atoms with E-state index in [1.807, 2.05) is 0 Å². The molecule has 2 aliphatic heterocycles. The van der Waals surface area contributed by atoms with Crippen LogP contribution in [0.4, 0.5) is 5.69 Å². The zero-order valence-corrected chi connectivity index (χ0v) is 19.0. The third-order valence-corrected chi connectivity index (χ3v) is 6.95. The van der Waals surface area contributed by atoms with Crippen LogP contribution >= 0.6 is 0 Å². The molecule has 9 heteroatoms. The number of esters is 1. The van der Waals surface area contributed by atoms with Crippen LogP contribution in [0.25, 0.3) is 11.0 Å². The fourth-order valence-corrected chi connectivity index (χ4v) is 5.42. The average Bonchev–Trinajstić information content (AvgIpc) is 2.91. The fraction of sp³-hybridized carbons (Fsp3) is 0.185. The van der Waals surface area contributed by atoms with Crippen molar-refractivity contribution in [3.8, 4) is 11.5 Å². The van der Waals surface area contributed by atoms with E-state index in [4.69, 9.17) is 18.6 Å². The quantitative estimate of drug-likeness (QED) is 0.180. The molecule has 0 saturated carbocycles. The number of nitro groups is 1. The molecule has 180 valence electrons. The van der Waals surface area contributed by atoms with Gasteiger partial charge in [-0.25, -0.2) is 4.79 Å². The van der Waals surface area contributed by atoms with Crippen molar-refractivity contribution in [2.75, 3.05) is 13.7 Å². The summed E-state index contributed by atoms with van der Waals surface area (Å²) in [4.78, 5) is 38.2. The topological polar surface area (TPSA) is 118 Å². The van der Waals surface area contributed by atoms with Gasteiger partial charge in [0.25, 0.3) is 5.69 Å². The molecule has 0 radical (unpaired) electrons. The maximum atomic E-state index is 13.7. The molecule has 0 saturated heterocycles. The van der Waals surface area contributed by atoms with E-state index in [1.54, 1.807) is 54.6 Å². The Morgan fingerprint density at radius 1 is 1.08 bits per heavy atom. The van der Waals surface area contributed by atoms with Crippen LogP contribution in [0.2, 0.25) is 0 Å². The molecule has 0 fully saturated rings. The first-order chi connectivity index (χ1) is 17.5. The van der Waals surface area contributed by atoms with Gasteiger partial charge in [0.2, 0.25) is 0 Å². The molecule has 1 aromatic heterocycles. The molecule has 0 unspecified atom stereocenters. The molecule has 0 amide bonds. The minimum Gasteiger partial charge on any atom is -0.492 e. The Bertz CT molecular complexity index is 1610. The first kappa shape index (κ1) is 21.8. The second-order valence-corrected chi connectivity index (χ2v) is 8.77. The number of ether oxygens (including phenoxy) is 3. The van der Waals surface area contributed by atoms with Gasteiger partial charge in [-0.2, -0.15) is 0 Å². The Balaban J connectivity index is 1.73. The van der Waals surface area contributed by atoms with Crippen LogP contribution in [0.15, 0.2) is 82.0 Å². The van der Waals surface area contributed by atoms with Gasteiger partial charge in [0.1, 0.15) is 29.8 Å². The van der Waals surface area contributed by atoms with Gasteiger partial charge < -0.3 is 18.6 Å². The Morgan fingerprint density at radius 2 is 1.86 bits per heavy atom. The molecule has 3 heterocycles. The number of carbonyl (C=O) groups is 1. The number of hydrogen-bond donors (Lipinski definition) is 0. The Hall–Kier alpha value is -4.66. The van der Waals surface area contributed by atoms with Crippen molar-refractivity contribution in [1.29, 1.82) is 0 Å². The lowest BCUT2D eigenvalue weighted by Gasteiger charge is -2.49. The van der Waals surface area contributed by atoms with E-state index in [0.717, 1.165) is 0 Å². The van der Waals surface area contributed by atoms with Crippen LogP contribution in [0.1, 0.15) is 28.7 Å². The number of nitro benzene ring substituents is 1. The van der Waals surface area contributed by atoms with Gasteiger partial charge in [-0.1, -0.05) is 42.5 Å². The first-order valence-electron chi connectivity index (χ1n) is 11.2. The highest BCUT2D eigenvalue weighted by Gasteiger charge is 2.63. The van der Waals surface area contributed by atoms with Crippen LogP contribution < -0.4 is 15.1 Å². The molecule has 9 nitrogen and oxygen atoms in total. The van der Waals surface area contributed by atoms with Gasteiger partial charge in [-0.3, -0.25) is 14.9 Å². The predicted molar refractivity (Wildman–Crippen MR) is 127 cm³/mol. The van der Waals surface area contributed by atoms with E-state index in [1.165, 1.54) is 25.3 Å². The van der Waals surface area contributed by atoms with Crippen molar-refractivity contribution in [1.82, 2.24) is 0 Å². The molecular formula is C27H19NO8. The van der Waals surface area contributed by atoms with Crippen LogP contribution in [0.3, 0.4) is 0 Å². The molecule has 6 rings (SSSR count). The normalized spacial score (nSPS) is 21.8. The highest BCUT2D eigenvalue weighted by molar-refractivity contribution is 5.88. The molecule has 2 aliphatic rings. The van der Waals surface area contributed by atoms with Crippen LogP contribution in [-0.4, -0.2) is 24.6 Å². The van der Waals surface area contributed by atoms with Gasteiger partial charge in [0, 0.05) is 29.2 Å². The maximum absolute atomic E-state index is 13.7. The molecule has 4 aromatic rings. The second-order valence-electron chi connectivity index (χ2n) is 8.77. The zero-order chi connectivity index (χ0) is 25.0. The lowest BCUT2D eigenvalue weighted by atomic mass is 9.61. The number of hydrogen-bond acceptors (Lipinski definition) is 8. The lowest BCUT2D eigenvalue weighted by molar-refractivity contribution is -0.385. The molecule has 0 bridgehead atoms. The van der Waals surface area contributed by atoms with Gasteiger partial charge in [0.15, 0.2) is 5.41 Å². The van der Waals surface area contributed by atoms with Crippen LogP contribution in [0, 0.1) is 15.5 Å². The third kappa shape index (κ3) is 2.95. The summed E-state index contributed by atoms with van der Waals surface area (Å²) >= 11 is 0. The monoisotopic (exact) mass is 485 g/mol. The zero-order valence-electron chi connectivity index (χ0n) is 19.0. The third-order valence-electron chi connectivity index (χ3n) is 6.95. The van der Waals surface area contributed by atoms with Crippen molar-refractivity contribution in [2.45, 2.75) is 12.0 Å². The van der Waals surface area contributed by atoms with Gasteiger partial charge in [0.05, 0.1) is 23.0 Å². The molecule has 3 atom stereocenters. The van der Waals surface area contributed by atoms with E-state index < -0.39 is 34.0 Å². The smallest absolute Gasteiger partial charge is 0.343 e. The number of carbonyl (C=O) groups excluding carboxylic acids is 1. The molecular weight excluding hydrogens is 466 g/mol. The number of nitrogens with zero attached hydrogens (tertiary/aromatic N) is 1. The SMILES string of the molecule is COC(=O)[C@@]12COc3ccccc3[C@@H]1c1c(c3ccccc3oc1=O)O[C@@H]2c1cccc([N+](=O)[O-])c1. The van der Waals surface area contributed by atoms with Crippen molar-refractivity contribution < 1.29 is 28.3 Å². The summed E-state index contributed by atoms with van der Waals surface area (Å²) in [5, 5.41) is 12.1. The van der Waals surface area contributed by atoms with Crippen molar-refractivity contribution >= 4 is 22.6 Å². The number of fused-ring (bicyclic) bond motifs is 7. The summed E-state index contributed by atoms with van der Waals surface area (Å²) in [6, 6.07) is 20.0. The predicted octanol–water partition coefficient (Wildman–Crippen LogP) is 4.52. The summed E-state index contributed by atoms with van der Waals surface area (Å²) in [5.41, 5.74) is -0.893. The van der Waals surface area contributed by atoms with E-state index >= 15 is 0 Å². The van der Waals surface area contributed by atoms with Gasteiger partial charge in [-0.15, -0.1) is 0 Å². The van der Waals surface area contributed by atoms with Crippen LogP contribution in [-0.2, 0) is 9.53 Å². The number of non-ortho nitro benzene ring substituents is 1. The second kappa shape index (κ2) is 7.94. The molecule has 0 spiro atoms. The standard InChI is InChI=1S/C27H19NO8/c1-33-26(30)27-14-34-19-11-4-2-9-17(19)22(27)21-23(18-10-3-5-12-20(18)35-25(21)29)36-24(27)15-7-6-8-16(13-15)28(31)32/h2-13,22,24H,14H2,1H3/t22-,24-,27+/m1/s1. The largest absolute Gasteiger partial charge is 0.492 e. The van der Waals surface area contributed by atoms with Gasteiger partial charge >= 0.3 is 11.6 Å². The van der Waals surface area contributed by atoms with E-state index in [2.05, 4.69) is 0 Å². The van der Waals surface area contributed by atoms with E-state index in [0.29, 0.717) is 27.8 Å². The number of para-hydroxylation sites is 2. The Kier molecular flexibility index (Phi) is 4.82. The van der Waals surface area contributed by atoms with Crippen LogP contribution in [0.5, 0.6) is 11.5 Å². The highest BCUT2D eigenvalue weighted by Crippen LogP contribution is 2.61. The van der Waals surface area contributed by atoms with E-state index in [-0.39, 0.29) is 23.6 Å². The first-order valence-corrected chi connectivity index (χ1v) is 11.2. The Morgan fingerprint density at radius 3 is 2.67 bits per heavy atom. The minimum absolute atomic E-state index is 0.159. The Labute approximate surface area is 204 Å². The number of rotatable bonds is 3. The lowest BCUT2D eigenvalue weighted by Crippen LogP contribution is -2.55. The molecule has 36 heavy (non-hydrogen) atoms. The molecule has 0 N–H and O–H groups in total. The van der Waals surface area contributed by atoms with E-state index in [9.17, 15) is 19.7 Å². The highest BCUT2D eigenvalue weighted by atomic mass is 16.6. The maximum Gasteiger partial charge on any atom is 0.343 e. The van der Waals surface area contributed by atoms with Gasteiger partial charge in [-0.05, 0) is 18.2 Å². The van der Waals surface area contributed by atoms with Crippen molar-refractivity contribution in [3.63, 3.8) is 0 Å². The molecule has 0 aliphatic carbocycles. The molecule has 3 aromatic carbocycles. The summed E-state index contributed by atoms with van der Waals surface area (Å²) in [6.07, 6.45) is -1.07. The summed E-state index contributed by atoms with van der Waals surface area (Å²) in [5.74, 6) is -0.750. The summed E-state index contributed by atoms with van der Waals surface area (Å²) < 4.78 is 23.5. The average molecular weight is 485 g/mol. The van der Waals surface area contributed by atoms with Crippen molar-refractivity contribution in [3.05, 3.63) is 110 Å². The van der Waals surface area contributed by atoms with Crippen molar-refractivity contribution in [2.24, 2.45) is 5.41 Å². The minimum atomic E-state index is -1.57. The fourth-order valence-electron chi connectivity index (χ4n) is 5.42.